The first-order valence-electron chi connectivity index (χ1n) is 17.2. The van der Waals surface area contributed by atoms with Gasteiger partial charge in [-0.2, -0.15) is 0 Å². The monoisotopic (exact) mass is 636 g/mol. The normalized spacial score (nSPS) is 11.6. The van der Waals surface area contributed by atoms with E-state index in [1.807, 2.05) is 0 Å². The second-order valence-corrected chi connectivity index (χ2v) is 12.9. The van der Waals surface area contributed by atoms with E-state index in [9.17, 15) is 0 Å². The largest absolute Gasteiger partial charge is 0.310 e. The van der Waals surface area contributed by atoms with Gasteiger partial charge in [-0.15, -0.1) is 0 Å². The summed E-state index contributed by atoms with van der Waals surface area (Å²) >= 11 is 0. The smallest absolute Gasteiger partial charge is 0.0546 e. The summed E-state index contributed by atoms with van der Waals surface area (Å²) in [7, 11) is 0. The Morgan fingerprint density at radius 3 is 1.64 bits per heavy atom. The number of benzene rings is 9. The number of nitrogens with zero attached hydrogens (tertiary/aromatic N) is 2. The molecule has 0 aliphatic rings. The van der Waals surface area contributed by atoms with Crippen LogP contribution in [0, 0.1) is 0 Å². The standard InChI is InChI=1S/C48H32N2/c1-2-15-36(16-3-1)49(47-32-35-27-26-33-14-4-5-18-39(33)48(35)43-22-7-6-21-42(43)47)37-30-28-34(29-31-37)38-17-8-11-23-44(38)50-45-24-12-9-19-40(45)41-20-10-13-25-46(41)50/h1-32H. The summed E-state index contributed by atoms with van der Waals surface area (Å²) in [6.07, 6.45) is 0. The highest BCUT2D eigenvalue weighted by Crippen LogP contribution is 2.44. The maximum absolute atomic E-state index is 2.41. The highest BCUT2D eigenvalue weighted by molar-refractivity contribution is 6.23. The fourth-order valence-electron chi connectivity index (χ4n) is 7.93. The molecule has 0 aliphatic heterocycles. The van der Waals surface area contributed by atoms with Crippen molar-refractivity contribution in [2.24, 2.45) is 0 Å². The van der Waals surface area contributed by atoms with Crippen molar-refractivity contribution in [1.29, 1.82) is 0 Å². The summed E-state index contributed by atoms with van der Waals surface area (Å²) in [5.41, 5.74) is 9.36. The number of hydrogen-bond donors (Lipinski definition) is 0. The van der Waals surface area contributed by atoms with Crippen LogP contribution in [-0.2, 0) is 0 Å². The molecule has 234 valence electrons. The molecule has 2 nitrogen and oxygen atoms in total. The third-order valence-corrected chi connectivity index (χ3v) is 10.1. The Hall–Kier alpha value is -6.64. The van der Waals surface area contributed by atoms with Gasteiger partial charge < -0.3 is 9.47 Å². The third kappa shape index (κ3) is 4.43. The predicted molar refractivity (Wildman–Crippen MR) is 213 cm³/mol. The van der Waals surface area contributed by atoms with E-state index in [1.165, 1.54) is 70.9 Å². The second kappa shape index (κ2) is 11.5. The molecule has 10 rings (SSSR count). The lowest BCUT2D eigenvalue weighted by atomic mass is 9.94. The molecule has 9 aromatic carbocycles. The zero-order valence-corrected chi connectivity index (χ0v) is 27.4. The Balaban J connectivity index is 1.16. The van der Waals surface area contributed by atoms with E-state index in [-0.39, 0.29) is 0 Å². The molecule has 0 fully saturated rings. The van der Waals surface area contributed by atoms with Gasteiger partial charge in [0.2, 0.25) is 0 Å². The molecular weight excluding hydrogens is 605 g/mol. The van der Waals surface area contributed by atoms with Crippen LogP contribution >= 0.6 is 0 Å². The van der Waals surface area contributed by atoms with E-state index < -0.39 is 0 Å². The Morgan fingerprint density at radius 1 is 0.360 bits per heavy atom. The molecule has 0 aliphatic carbocycles. The van der Waals surface area contributed by atoms with E-state index in [4.69, 9.17) is 0 Å². The van der Waals surface area contributed by atoms with Crippen molar-refractivity contribution >= 4 is 71.2 Å². The molecule has 0 N–H and O–H groups in total. The van der Waals surface area contributed by atoms with E-state index in [2.05, 4.69) is 204 Å². The average molecular weight is 637 g/mol. The topological polar surface area (TPSA) is 8.17 Å². The van der Waals surface area contributed by atoms with E-state index in [1.54, 1.807) is 0 Å². The maximum Gasteiger partial charge on any atom is 0.0546 e. The Morgan fingerprint density at radius 2 is 0.900 bits per heavy atom. The van der Waals surface area contributed by atoms with Crippen LogP contribution in [0.5, 0.6) is 0 Å². The van der Waals surface area contributed by atoms with Crippen LogP contribution < -0.4 is 4.90 Å². The minimum Gasteiger partial charge on any atom is -0.310 e. The zero-order valence-electron chi connectivity index (χ0n) is 27.4. The predicted octanol–water partition coefficient (Wildman–Crippen LogP) is 13.4. The van der Waals surface area contributed by atoms with Gasteiger partial charge in [-0.05, 0) is 81.0 Å². The summed E-state index contributed by atoms with van der Waals surface area (Å²) < 4.78 is 2.41. The maximum atomic E-state index is 2.41. The molecule has 0 radical (unpaired) electrons. The van der Waals surface area contributed by atoms with Crippen LogP contribution in [0.4, 0.5) is 17.1 Å². The van der Waals surface area contributed by atoms with Crippen molar-refractivity contribution in [1.82, 2.24) is 4.57 Å². The third-order valence-electron chi connectivity index (χ3n) is 10.1. The van der Waals surface area contributed by atoms with Crippen molar-refractivity contribution < 1.29 is 0 Å². The van der Waals surface area contributed by atoms with Crippen LogP contribution in [0.1, 0.15) is 0 Å². The molecule has 0 spiro atoms. The Kier molecular flexibility index (Phi) is 6.53. The lowest BCUT2D eigenvalue weighted by molar-refractivity contribution is 1.18. The van der Waals surface area contributed by atoms with Crippen molar-refractivity contribution in [3.05, 3.63) is 194 Å². The average Bonchev–Trinajstić information content (AvgIpc) is 3.53. The minimum absolute atomic E-state index is 1.11. The van der Waals surface area contributed by atoms with Crippen LogP contribution in [0.15, 0.2) is 194 Å². The van der Waals surface area contributed by atoms with Gasteiger partial charge in [0.25, 0.3) is 0 Å². The van der Waals surface area contributed by atoms with Crippen LogP contribution in [-0.4, -0.2) is 4.57 Å². The number of anilines is 3. The lowest BCUT2D eigenvalue weighted by Gasteiger charge is -2.28. The van der Waals surface area contributed by atoms with Crippen LogP contribution in [0.25, 0.3) is 70.9 Å². The molecule has 1 aromatic heterocycles. The van der Waals surface area contributed by atoms with Crippen LogP contribution in [0.3, 0.4) is 0 Å². The van der Waals surface area contributed by atoms with Gasteiger partial charge in [-0.1, -0.05) is 146 Å². The van der Waals surface area contributed by atoms with Gasteiger partial charge in [0, 0.05) is 33.1 Å². The van der Waals surface area contributed by atoms with Crippen molar-refractivity contribution in [2.45, 2.75) is 0 Å². The number of fused-ring (bicyclic) bond motifs is 8. The number of para-hydroxylation sites is 4. The first kappa shape index (κ1) is 28.4. The molecule has 0 atom stereocenters. The Bertz CT molecular complexity index is 2810. The Labute approximate surface area is 290 Å². The molecular formula is C48H32N2. The highest BCUT2D eigenvalue weighted by atomic mass is 15.1. The summed E-state index contributed by atoms with van der Waals surface area (Å²) in [5, 5.41) is 10.1. The highest BCUT2D eigenvalue weighted by Gasteiger charge is 2.19. The van der Waals surface area contributed by atoms with Gasteiger partial charge in [-0.3, -0.25) is 0 Å². The number of aromatic nitrogens is 1. The summed E-state index contributed by atoms with van der Waals surface area (Å²) in [6.45, 7) is 0. The molecule has 10 aromatic rings. The van der Waals surface area contributed by atoms with Crippen LogP contribution in [0.2, 0.25) is 0 Å². The van der Waals surface area contributed by atoms with Gasteiger partial charge in [0.15, 0.2) is 0 Å². The number of hydrogen-bond acceptors (Lipinski definition) is 1. The van der Waals surface area contributed by atoms with Crippen molar-refractivity contribution in [3.8, 4) is 16.8 Å². The summed E-state index contributed by atoms with van der Waals surface area (Å²) in [6, 6.07) is 70.4. The molecule has 0 unspecified atom stereocenters. The first-order chi connectivity index (χ1) is 24.8. The fourth-order valence-corrected chi connectivity index (χ4v) is 7.93. The summed E-state index contributed by atoms with van der Waals surface area (Å²) in [5.74, 6) is 0. The molecule has 1 heterocycles. The molecule has 0 amide bonds. The van der Waals surface area contributed by atoms with Gasteiger partial charge in [-0.25, -0.2) is 0 Å². The summed E-state index contributed by atoms with van der Waals surface area (Å²) in [4.78, 5) is 2.40. The van der Waals surface area contributed by atoms with Crippen molar-refractivity contribution in [2.75, 3.05) is 4.90 Å². The van der Waals surface area contributed by atoms with Gasteiger partial charge in [0.1, 0.15) is 0 Å². The first-order valence-corrected chi connectivity index (χ1v) is 17.2. The molecule has 0 bridgehead atoms. The lowest BCUT2D eigenvalue weighted by Crippen LogP contribution is -2.10. The fraction of sp³-hybridized carbons (Fsp3) is 0. The van der Waals surface area contributed by atoms with E-state index in [0.717, 1.165) is 17.1 Å². The van der Waals surface area contributed by atoms with Gasteiger partial charge in [0.05, 0.1) is 22.4 Å². The van der Waals surface area contributed by atoms with Crippen molar-refractivity contribution in [3.63, 3.8) is 0 Å². The van der Waals surface area contributed by atoms with E-state index in [0.29, 0.717) is 0 Å². The SMILES string of the molecule is c1ccc(N(c2ccc(-c3ccccc3-n3c4ccccc4c4ccccc43)cc2)c2cc3ccc4ccccc4c3c3ccccc23)cc1. The second-order valence-electron chi connectivity index (χ2n) is 12.9. The van der Waals surface area contributed by atoms with E-state index >= 15 is 0 Å². The number of rotatable bonds is 5. The minimum atomic E-state index is 1.11. The molecule has 0 saturated heterocycles. The molecule has 50 heavy (non-hydrogen) atoms. The van der Waals surface area contributed by atoms with Gasteiger partial charge >= 0.3 is 0 Å². The molecule has 2 heteroatoms. The molecule has 0 saturated carbocycles. The quantitative estimate of drug-likeness (QED) is 0.171. The zero-order chi connectivity index (χ0) is 33.0.